The van der Waals surface area contributed by atoms with Crippen LogP contribution in [0.2, 0.25) is 0 Å². The molecule has 0 aromatic carbocycles. The summed E-state index contributed by atoms with van der Waals surface area (Å²) < 4.78 is -0.547. The van der Waals surface area contributed by atoms with E-state index in [4.69, 9.17) is 5.84 Å². The molecule has 0 fully saturated rings. The van der Waals surface area contributed by atoms with Crippen molar-refractivity contribution in [2.24, 2.45) is 11.8 Å². The van der Waals surface area contributed by atoms with Gasteiger partial charge >= 0.3 is 0 Å². The first kappa shape index (κ1) is 14.9. The molecule has 0 aromatic heterocycles. The normalized spacial score (nSPS) is 23.2. The van der Waals surface area contributed by atoms with E-state index in [2.05, 4.69) is 31.9 Å². The highest BCUT2D eigenvalue weighted by atomic mass is 79.9. The molecule has 1 atom stereocenters. The molecule has 0 aliphatic heterocycles. The Bertz CT molecular complexity index is 380. The van der Waals surface area contributed by atoms with E-state index in [1.165, 1.54) is 5.01 Å². The van der Waals surface area contributed by atoms with Crippen LogP contribution < -0.4 is 5.84 Å². The first-order valence-corrected chi connectivity index (χ1v) is 6.99. The number of hydrogen-bond acceptors (Lipinski definition) is 2. The predicted molar refractivity (Wildman–Crippen MR) is 77.8 cm³/mol. The van der Waals surface area contributed by atoms with Crippen LogP contribution in [0, 0.1) is 5.92 Å². The number of alkyl halides is 2. The Hall–Kier alpha value is -0.130. The maximum absolute atomic E-state index is 12.4. The number of hydrogen-bond donors (Lipinski definition) is 1. The van der Waals surface area contributed by atoms with E-state index in [0.29, 0.717) is 0 Å². The van der Waals surface area contributed by atoms with Gasteiger partial charge in [0.25, 0.3) is 0 Å². The molecule has 1 unspecified atom stereocenters. The largest absolute Gasteiger partial charge is 0.275 e. The van der Waals surface area contributed by atoms with Gasteiger partial charge in [-0.3, -0.25) is 9.80 Å². The highest BCUT2D eigenvalue weighted by Gasteiger charge is 2.43. The van der Waals surface area contributed by atoms with E-state index in [1.807, 2.05) is 45.9 Å². The van der Waals surface area contributed by atoms with E-state index in [-0.39, 0.29) is 11.8 Å². The van der Waals surface area contributed by atoms with E-state index >= 15 is 0 Å². The molecule has 0 heterocycles. The van der Waals surface area contributed by atoms with Crippen molar-refractivity contribution >= 4 is 37.8 Å². The zero-order chi connectivity index (χ0) is 13.4. The number of amides is 1. The Morgan fingerprint density at radius 2 is 2.00 bits per heavy atom. The molecular weight excluding hydrogens is 348 g/mol. The Kier molecular flexibility index (Phi) is 4.27. The van der Waals surface area contributed by atoms with Gasteiger partial charge in [-0.1, -0.05) is 50.1 Å². The SMILES string of the molecule is CC1=CC=CC(C(=O)N(N)C(C)(C)C)C1(Br)Br. The minimum Gasteiger partial charge on any atom is -0.275 e. The summed E-state index contributed by atoms with van der Waals surface area (Å²) >= 11 is 7.11. The Morgan fingerprint density at radius 1 is 1.47 bits per heavy atom. The molecule has 0 saturated heterocycles. The molecule has 2 N–H and O–H groups in total. The van der Waals surface area contributed by atoms with Crippen LogP contribution in [0.25, 0.3) is 0 Å². The zero-order valence-corrected chi connectivity index (χ0v) is 13.7. The fourth-order valence-corrected chi connectivity index (χ4v) is 2.47. The summed E-state index contributed by atoms with van der Waals surface area (Å²) in [4.78, 5) is 12.4. The molecule has 3 nitrogen and oxygen atoms in total. The second-order valence-corrected chi connectivity index (χ2v) is 8.78. The van der Waals surface area contributed by atoms with Crippen molar-refractivity contribution in [2.75, 3.05) is 0 Å². The Labute approximate surface area is 119 Å². The monoisotopic (exact) mass is 364 g/mol. The lowest BCUT2D eigenvalue weighted by atomic mass is 9.92. The summed E-state index contributed by atoms with van der Waals surface area (Å²) in [6.07, 6.45) is 5.70. The number of rotatable bonds is 1. The summed E-state index contributed by atoms with van der Waals surface area (Å²) in [6.45, 7) is 7.68. The number of halogens is 2. The number of carbonyl (C=O) groups excluding carboxylic acids is 1. The predicted octanol–water partition coefficient (Wildman–Crippen LogP) is 3.11. The third-order valence-electron chi connectivity index (χ3n) is 2.79. The number of nitrogens with zero attached hydrogens (tertiary/aromatic N) is 1. The van der Waals surface area contributed by atoms with Crippen LogP contribution in [-0.2, 0) is 4.79 Å². The van der Waals surface area contributed by atoms with E-state index in [0.717, 1.165) is 5.57 Å². The zero-order valence-electron chi connectivity index (χ0n) is 10.5. The highest BCUT2D eigenvalue weighted by Crippen LogP contribution is 2.45. The maximum atomic E-state index is 12.4. The number of nitrogens with two attached hydrogens (primary N) is 1. The van der Waals surface area contributed by atoms with Gasteiger partial charge in [0.1, 0.15) is 3.23 Å². The number of allylic oxidation sites excluding steroid dienone is 3. The summed E-state index contributed by atoms with van der Waals surface area (Å²) in [5.41, 5.74) is 0.649. The Morgan fingerprint density at radius 3 is 2.47 bits per heavy atom. The molecule has 17 heavy (non-hydrogen) atoms. The van der Waals surface area contributed by atoms with Gasteiger partial charge in [0.15, 0.2) is 0 Å². The Balaban J connectivity index is 2.99. The molecule has 0 saturated carbocycles. The van der Waals surface area contributed by atoms with E-state index < -0.39 is 8.77 Å². The van der Waals surface area contributed by atoms with Crippen molar-refractivity contribution in [3.63, 3.8) is 0 Å². The molecule has 0 aromatic rings. The molecular formula is C12H18Br2N2O. The lowest BCUT2D eigenvalue weighted by Gasteiger charge is -2.38. The maximum Gasteiger partial charge on any atom is 0.246 e. The van der Waals surface area contributed by atoms with Crippen molar-refractivity contribution in [1.29, 1.82) is 0 Å². The second kappa shape index (κ2) is 4.86. The van der Waals surface area contributed by atoms with Crippen molar-refractivity contribution in [3.05, 3.63) is 23.8 Å². The van der Waals surface area contributed by atoms with Crippen LogP contribution in [0.4, 0.5) is 0 Å². The van der Waals surface area contributed by atoms with Gasteiger partial charge in [-0.25, -0.2) is 5.84 Å². The molecule has 1 rings (SSSR count). The summed E-state index contributed by atoms with van der Waals surface area (Å²) in [6, 6.07) is 0. The highest BCUT2D eigenvalue weighted by molar-refractivity contribution is 9.25. The van der Waals surface area contributed by atoms with Gasteiger partial charge in [-0.2, -0.15) is 0 Å². The molecule has 0 radical (unpaired) electrons. The van der Waals surface area contributed by atoms with Gasteiger partial charge in [-0.05, 0) is 33.3 Å². The summed E-state index contributed by atoms with van der Waals surface area (Å²) in [5.74, 6) is 5.41. The average Bonchev–Trinajstić information content (AvgIpc) is 2.18. The third kappa shape index (κ3) is 3.01. The minimum absolute atomic E-state index is 0.116. The van der Waals surface area contributed by atoms with Crippen LogP contribution in [0.5, 0.6) is 0 Å². The third-order valence-corrected chi connectivity index (χ3v) is 5.03. The number of carbonyl (C=O) groups is 1. The molecule has 5 heteroatoms. The van der Waals surface area contributed by atoms with Crippen LogP contribution >= 0.6 is 31.9 Å². The standard InChI is InChI=1S/C12H18Br2N2O/c1-8-6-5-7-9(12(8,13)14)10(17)16(15)11(2,3)4/h5-7,9H,15H2,1-4H3. The van der Waals surface area contributed by atoms with Crippen molar-refractivity contribution < 1.29 is 4.79 Å². The second-order valence-electron chi connectivity index (χ2n) is 5.21. The smallest absolute Gasteiger partial charge is 0.246 e. The first-order chi connectivity index (χ1) is 7.58. The van der Waals surface area contributed by atoms with Crippen LogP contribution in [0.15, 0.2) is 23.8 Å². The molecule has 1 aliphatic carbocycles. The van der Waals surface area contributed by atoms with Gasteiger partial charge in [0, 0.05) is 0 Å². The van der Waals surface area contributed by atoms with Crippen molar-refractivity contribution in [2.45, 2.75) is 36.5 Å². The van der Waals surface area contributed by atoms with Gasteiger partial charge < -0.3 is 0 Å². The fourth-order valence-electron chi connectivity index (χ4n) is 1.51. The molecule has 1 aliphatic rings. The van der Waals surface area contributed by atoms with E-state index in [1.54, 1.807) is 0 Å². The topological polar surface area (TPSA) is 46.3 Å². The van der Waals surface area contributed by atoms with Gasteiger partial charge in [0.05, 0.1) is 11.5 Å². The van der Waals surface area contributed by atoms with Crippen molar-refractivity contribution in [3.8, 4) is 0 Å². The summed E-state index contributed by atoms with van der Waals surface area (Å²) in [5, 5.41) is 1.29. The van der Waals surface area contributed by atoms with Gasteiger partial charge in [0.2, 0.25) is 5.91 Å². The molecule has 1 amide bonds. The molecule has 96 valence electrons. The first-order valence-electron chi connectivity index (χ1n) is 5.40. The van der Waals surface area contributed by atoms with Gasteiger partial charge in [-0.15, -0.1) is 0 Å². The fraction of sp³-hybridized carbons (Fsp3) is 0.583. The number of hydrazine groups is 1. The molecule has 0 bridgehead atoms. The van der Waals surface area contributed by atoms with Crippen LogP contribution in [-0.4, -0.2) is 19.7 Å². The van der Waals surface area contributed by atoms with E-state index in [9.17, 15) is 4.79 Å². The quantitative estimate of drug-likeness (QED) is 0.336. The average molecular weight is 366 g/mol. The van der Waals surface area contributed by atoms with Crippen LogP contribution in [0.3, 0.4) is 0 Å². The van der Waals surface area contributed by atoms with Crippen LogP contribution in [0.1, 0.15) is 27.7 Å². The lowest BCUT2D eigenvalue weighted by molar-refractivity contribution is -0.139. The van der Waals surface area contributed by atoms with Crippen molar-refractivity contribution in [1.82, 2.24) is 5.01 Å². The lowest BCUT2D eigenvalue weighted by Crippen LogP contribution is -2.55. The summed E-state index contributed by atoms with van der Waals surface area (Å²) in [7, 11) is 0. The minimum atomic E-state index is -0.547. The molecule has 0 spiro atoms.